The molecule has 0 saturated carbocycles. The van der Waals surface area contributed by atoms with Crippen molar-refractivity contribution in [1.82, 2.24) is 63.0 Å². The Bertz CT molecular complexity index is 2580. The van der Waals surface area contributed by atoms with Crippen molar-refractivity contribution in [3.05, 3.63) is 0 Å². The Morgan fingerprint density at radius 2 is 1.03 bits per heavy atom. The van der Waals surface area contributed by atoms with Crippen LogP contribution in [0, 0.1) is 17.8 Å². The topological polar surface area (TPSA) is 496 Å². The highest BCUT2D eigenvalue weighted by atomic mass is 16.4. The zero-order chi connectivity index (χ0) is 67.7. The predicted octanol–water partition coefficient (Wildman–Crippen LogP) is -3.31. The van der Waals surface area contributed by atoms with Gasteiger partial charge in [-0.25, -0.2) is 4.79 Å². The lowest BCUT2D eigenvalue weighted by molar-refractivity contribution is -0.147. The first-order chi connectivity index (χ1) is 42.3. The second kappa shape index (κ2) is 37.2. The van der Waals surface area contributed by atoms with E-state index in [0.29, 0.717) is 38.6 Å². The van der Waals surface area contributed by atoms with Crippen molar-refractivity contribution in [1.29, 1.82) is 0 Å². The monoisotopic (exact) mass is 1280 g/mol. The van der Waals surface area contributed by atoms with Gasteiger partial charge >= 0.3 is 17.9 Å². The molecule has 3 saturated heterocycles. The molecule has 17 N–H and O–H groups in total. The van der Waals surface area contributed by atoms with E-state index in [2.05, 4.69) is 47.9 Å². The number of primary amides is 1. The second-order valence-corrected chi connectivity index (χ2v) is 24.2. The van der Waals surface area contributed by atoms with E-state index in [1.54, 1.807) is 41.5 Å². The number of unbranched alkanes of at least 4 members (excludes halogenated alkanes) is 1. The number of hydrogen-bond donors (Lipinski definition) is 15. The fourth-order valence-corrected chi connectivity index (χ4v) is 10.7. The third-order valence-electron chi connectivity index (χ3n) is 16.1. The molecule has 0 bridgehead atoms. The maximum Gasteiger partial charge on any atom is 0.326 e. The Morgan fingerprint density at radius 1 is 0.511 bits per heavy atom. The first-order valence-corrected chi connectivity index (χ1v) is 31.0. The molecule has 32 nitrogen and oxygen atoms in total. The van der Waals surface area contributed by atoms with Gasteiger partial charge in [-0.3, -0.25) is 67.1 Å². The minimum Gasteiger partial charge on any atom is -0.481 e. The SMILES string of the molecule is CC[C@H](C)[C@H](NC(=O)[C@H](CC(C)C)NC(=O)[C@@H]1CCCN1C(=O)[C@@H](NC(=O)[C@@H]1CCCN1C(=O)[C@H](CCC(=O)O)NC(=O)[C@H](C)NC(=O)[C@H](C)NC(=O)[C@@H]1CCCN1)C(C)C)C(=O)N[C@@H](CCCCN)C(=O)N[C@@H](CCC(N)=O)C(=O)N[C@@H](CC(=O)O)C(=O)O. The highest BCUT2D eigenvalue weighted by Gasteiger charge is 2.44. The Kier molecular flexibility index (Phi) is 31.5. The minimum absolute atomic E-state index is 0.0344. The number of amides is 12. The molecule has 0 radical (unpaired) electrons. The van der Waals surface area contributed by atoms with Gasteiger partial charge in [0.25, 0.3) is 0 Å². The first-order valence-electron chi connectivity index (χ1n) is 31.0. The summed E-state index contributed by atoms with van der Waals surface area (Å²) in [5, 5.41) is 54.3. The van der Waals surface area contributed by atoms with E-state index >= 15 is 0 Å². The molecule has 0 unspecified atom stereocenters. The fraction of sp³-hybridized carbons (Fsp3) is 0.741. The molecule has 12 amide bonds. The van der Waals surface area contributed by atoms with E-state index in [9.17, 15) is 87.2 Å². The van der Waals surface area contributed by atoms with Crippen molar-refractivity contribution in [3.8, 4) is 0 Å². The molecule has 13 atom stereocenters. The van der Waals surface area contributed by atoms with Gasteiger partial charge in [-0.15, -0.1) is 0 Å². The first kappa shape index (κ1) is 76.2. The molecule has 3 aliphatic rings. The van der Waals surface area contributed by atoms with Crippen molar-refractivity contribution >= 4 is 88.8 Å². The average molecular weight is 1280 g/mol. The summed E-state index contributed by atoms with van der Waals surface area (Å²) in [6, 6.07) is -15.3. The minimum atomic E-state index is -1.91. The number of nitrogens with zero attached hydrogens (tertiary/aromatic N) is 2. The van der Waals surface area contributed by atoms with E-state index in [0.717, 1.165) is 6.42 Å². The van der Waals surface area contributed by atoms with Crippen molar-refractivity contribution in [2.24, 2.45) is 29.2 Å². The van der Waals surface area contributed by atoms with Gasteiger partial charge in [-0.1, -0.05) is 48.0 Å². The maximum atomic E-state index is 14.6. The highest BCUT2D eigenvalue weighted by Crippen LogP contribution is 2.24. The van der Waals surface area contributed by atoms with E-state index in [1.165, 1.54) is 23.6 Å². The quantitative estimate of drug-likeness (QED) is 0.0269. The lowest BCUT2D eigenvalue weighted by atomic mass is 9.96. The van der Waals surface area contributed by atoms with Crippen molar-refractivity contribution in [2.75, 3.05) is 26.2 Å². The van der Waals surface area contributed by atoms with Crippen molar-refractivity contribution in [3.63, 3.8) is 0 Å². The number of nitrogens with two attached hydrogens (primary N) is 2. The number of aliphatic carboxylic acids is 3. The third-order valence-corrected chi connectivity index (χ3v) is 16.1. The fourth-order valence-electron chi connectivity index (χ4n) is 10.7. The molecular formula is C58H96N14O18. The Morgan fingerprint density at radius 3 is 1.56 bits per heavy atom. The number of likely N-dealkylation sites (tertiary alicyclic amines) is 2. The molecule has 90 heavy (non-hydrogen) atoms. The number of nitrogens with one attached hydrogen (secondary N) is 10. The standard InChI is InChI=1S/C58H96N14O18/c1-9-31(6)46(55(86)65-35(15-10-11-23-59)50(81)64-36(19-21-42(60)73)51(82)68-39(58(89)90)28-44(76)77)70-52(83)38(27-29(2)3)67-53(84)40-17-14-26-72(40)57(88)45(30(4)5)69-54(85)41-18-13-25-71(41)56(87)37(20-22-43(74)75)66-48(79)33(8)62-47(78)32(7)63-49(80)34-16-12-24-61-34/h29-41,45-46,61H,9-28,59H2,1-8H3,(H2,60,73)(H,62,78)(H,63,80)(H,64,81)(H,65,86)(H,66,79)(H,67,84)(H,68,82)(H,69,85)(H,70,83)(H,74,75)(H,76,77)(H,89,90)/t31-,32-,33-,34-,35-,36-,37-,38-,39-,40-,41-,45-,46-/m0/s1. The lowest BCUT2D eigenvalue weighted by Crippen LogP contribution is -2.61. The lowest BCUT2D eigenvalue weighted by Gasteiger charge is -2.34. The van der Waals surface area contributed by atoms with E-state index < -0.39 is 193 Å². The van der Waals surface area contributed by atoms with Crippen LogP contribution in [0.1, 0.15) is 158 Å². The molecule has 506 valence electrons. The largest absolute Gasteiger partial charge is 0.481 e. The number of hydrogen-bond acceptors (Lipinski definition) is 17. The van der Waals surface area contributed by atoms with Crippen LogP contribution in [0.15, 0.2) is 0 Å². The smallest absolute Gasteiger partial charge is 0.326 e. The van der Waals surface area contributed by atoms with Gasteiger partial charge in [0.15, 0.2) is 0 Å². The van der Waals surface area contributed by atoms with Crippen molar-refractivity contribution in [2.45, 2.75) is 231 Å². The predicted molar refractivity (Wildman–Crippen MR) is 321 cm³/mol. The van der Waals surface area contributed by atoms with E-state index in [4.69, 9.17) is 11.5 Å². The summed E-state index contributed by atoms with van der Waals surface area (Å²) >= 11 is 0. The molecule has 3 heterocycles. The van der Waals surface area contributed by atoms with Crippen LogP contribution in [0.2, 0.25) is 0 Å². The highest BCUT2D eigenvalue weighted by molar-refractivity contribution is 6.00. The molecule has 3 fully saturated rings. The van der Waals surface area contributed by atoms with Crippen LogP contribution in [0.3, 0.4) is 0 Å². The Balaban J connectivity index is 1.80. The van der Waals surface area contributed by atoms with Crippen LogP contribution in [0.25, 0.3) is 0 Å². The summed E-state index contributed by atoms with van der Waals surface area (Å²) in [6.45, 7) is 14.1. The number of carboxylic acid groups (broad SMARTS) is 3. The summed E-state index contributed by atoms with van der Waals surface area (Å²) in [4.78, 5) is 202. The van der Waals surface area contributed by atoms with Crippen LogP contribution in [0.4, 0.5) is 0 Å². The van der Waals surface area contributed by atoms with Crippen LogP contribution in [0.5, 0.6) is 0 Å². The summed E-state index contributed by atoms with van der Waals surface area (Å²) in [5.41, 5.74) is 11.0. The van der Waals surface area contributed by atoms with Crippen LogP contribution >= 0.6 is 0 Å². The summed E-state index contributed by atoms with van der Waals surface area (Å²) < 4.78 is 0. The second-order valence-electron chi connectivity index (χ2n) is 24.2. The van der Waals surface area contributed by atoms with Gasteiger partial charge in [0, 0.05) is 25.9 Å². The average Bonchev–Trinajstić information content (AvgIpc) is 2.37. The normalized spacial score (nSPS) is 19.7. The van der Waals surface area contributed by atoms with Crippen LogP contribution in [-0.2, 0) is 71.9 Å². The van der Waals surface area contributed by atoms with Gasteiger partial charge in [0.1, 0.15) is 66.5 Å². The molecule has 32 heteroatoms. The Labute approximate surface area is 523 Å². The molecule has 0 spiro atoms. The molecule has 0 aliphatic carbocycles. The van der Waals surface area contributed by atoms with E-state index in [-0.39, 0.29) is 70.0 Å². The third kappa shape index (κ3) is 24.1. The zero-order valence-electron chi connectivity index (χ0n) is 52.8. The van der Waals surface area contributed by atoms with Crippen LogP contribution in [-0.4, -0.2) is 213 Å². The maximum absolute atomic E-state index is 14.6. The summed E-state index contributed by atoms with van der Waals surface area (Å²) in [6.07, 6.45) is 0.509. The molecule has 3 aliphatic heterocycles. The molecule has 0 aromatic heterocycles. The van der Waals surface area contributed by atoms with Gasteiger partial charge in [-0.2, -0.15) is 0 Å². The molecule has 0 aromatic rings. The van der Waals surface area contributed by atoms with E-state index in [1.807, 2.05) is 5.32 Å². The zero-order valence-corrected chi connectivity index (χ0v) is 52.8. The van der Waals surface area contributed by atoms with Gasteiger partial charge in [0.05, 0.1) is 12.5 Å². The number of carbonyl (C=O) groups is 15. The van der Waals surface area contributed by atoms with Crippen LogP contribution < -0.4 is 64.6 Å². The molecular weight excluding hydrogens is 1180 g/mol. The summed E-state index contributed by atoms with van der Waals surface area (Å²) in [7, 11) is 0. The van der Waals surface area contributed by atoms with Gasteiger partial charge < -0.3 is 89.8 Å². The number of carboxylic acids is 3. The summed E-state index contributed by atoms with van der Waals surface area (Å²) in [5.74, 6) is -15.3. The van der Waals surface area contributed by atoms with Gasteiger partial charge in [-0.05, 0) is 122 Å². The number of carbonyl (C=O) groups excluding carboxylic acids is 12. The Hall–Kier alpha value is -8.03. The van der Waals surface area contributed by atoms with Gasteiger partial charge in [0.2, 0.25) is 70.9 Å². The van der Waals surface area contributed by atoms with Crippen molar-refractivity contribution < 1.29 is 87.2 Å². The molecule has 0 aromatic carbocycles. The number of rotatable bonds is 38. The molecule has 3 rings (SSSR count).